The van der Waals surface area contributed by atoms with Gasteiger partial charge < -0.3 is 15.7 Å². The van der Waals surface area contributed by atoms with E-state index in [1.807, 2.05) is 38.1 Å². The van der Waals surface area contributed by atoms with E-state index in [2.05, 4.69) is 17.6 Å². The Morgan fingerprint density at radius 2 is 2.05 bits per heavy atom. The molecule has 1 rings (SSSR count). The standard InChI is InChI=1S/C16H26N2O2/c1-5-12(2)16(4,20)11-17-10-14-8-6-7-9-15(14)18-13(3)19/h6-9,12,17,20H,5,10-11H2,1-4H3,(H,18,19). The summed E-state index contributed by atoms with van der Waals surface area (Å²) in [7, 11) is 0. The average Bonchev–Trinajstić information content (AvgIpc) is 2.39. The summed E-state index contributed by atoms with van der Waals surface area (Å²) < 4.78 is 0. The molecule has 0 fully saturated rings. The van der Waals surface area contributed by atoms with Gasteiger partial charge in [-0.3, -0.25) is 4.79 Å². The van der Waals surface area contributed by atoms with Crippen LogP contribution < -0.4 is 10.6 Å². The molecular formula is C16H26N2O2. The highest BCUT2D eigenvalue weighted by molar-refractivity contribution is 5.89. The van der Waals surface area contributed by atoms with E-state index in [4.69, 9.17) is 0 Å². The van der Waals surface area contributed by atoms with Crippen LogP contribution in [0.4, 0.5) is 5.69 Å². The Morgan fingerprint density at radius 3 is 2.65 bits per heavy atom. The Labute approximate surface area is 121 Å². The van der Waals surface area contributed by atoms with Crippen LogP contribution in [0.1, 0.15) is 39.7 Å². The van der Waals surface area contributed by atoms with E-state index < -0.39 is 5.60 Å². The minimum Gasteiger partial charge on any atom is -0.389 e. The molecule has 0 aliphatic heterocycles. The number of carbonyl (C=O) groups excluding carboxylic acids is 1. The molecule has 0 bridgehead atoms. The van der Waals surface area contributed by atoms with Crippen molar-refractivity contribution in [3.05, 3.63) is 29.8 Å². The normalized spacial score (nSPS) is 15.4. The summed E-state index contributed by atoms with van der Waals surface area (Å²) in [6, 6.07) is 7.68. The predicted octanol–water partition coefficient (Wildman–Crippen LogP) is 2.53. The zero-order valence-corrected chi connectivity index (χ0v) is 12.9. The van der Waals surface area contributed by atoms with E-state index in [1.165, 1.54) is 6.92 Å². The van der Waals surface area contributed by atoms with Gasteiger partial charge in [0.25, 0.3) is 0 Å². The monoisotopic (exact) mass is 278 g/mol. The Hall–Kier alpha value is -1.39. The Balaban J connectivity index is 2.60. The van der Waals surface area contributed by atoms with Crippen molar-refractivity contribution in [2.75, 3.05) is 11.9 Å². The molecule has 20 heavy (non-hydrogen) atoms. The Kier molecular flexibility index (Phi) is 6.17. The average molecular weight is 278 g/mol. The molecule has 3 N–H and O–H groups in total. The van der Waals surface area contributed by atoms with Gasteiger partial charge in [0, 0.05) is 25.7 Å². The number of aliphatic hydroxyl groups is 1. The summed E-state index contributed by atoms with van der Waals surface area (Å²) in [4.78, 5) is 11.2. The second-order valence-electron chi connectivity index (χ2n) is 5.61. The minimum atomic E-state index is -0.725. The molecule has 0 aromatic heterocycles. The van der Waals surface area contributed by atoms with E-state index >= 15 is 0 Å². The van der Waals surface area contributed by atoms with E-state index in [0.29, 0.717) is 13.1 Å². The number of carbonyl (C=O) groups is 1. The second-order valence-corrected chi connectivity index (χ2v) is 5.61. The summed E-state index contributed by atoms with van der Waals surface area (Å²) in [5, 5.41) is 16.4. The molecule has 1 amide bonds. The number of anilines is 1. The van der Waals surface area contributed by atoms with Crippen LogP contribution in [0.5, 0.6) is 0 Å². The number of hydrogen-bond acceptors (Lipinski definition) is 3. The van der Waals surface area contributed by atoms with Crippen LogP contribution >= 0.6 is 0 Å². The molecule has 4 nitrogen and oxygen atoms in total. The third kappa shape index (κ3) is 4.94. The number of hydrogen-bond donors (Lipinski definition) is 3. The fraction of sp³-hybridized carbons (Fsp3) is 0.562. The molecule has 2 atom stereocenters. The van der Waals surface area contributed by atoms with Crippen molar-refractivity contribution >= 4 is 11.6 Å². The molecular weight excluding hydrogens is 252 g/mol. The highest BCUT2D eigenvalue weighted by Gasteiger charge is 2.26. The third-order valence-corrected chi connectivity index (χ3v) is 3.80. The van der Waals surface area contributed by atoms with Crippen LogP contribution in [0.3, 0.4) is 0 Å². The number of benzene rings is 1. The van der Waals surface area contributed by atoms with Crippen LogP contribution in [-0.2, 0) is 11.3 Å². The van der Waals surface area contributed by atoms with E-state index in [9.17, 15) is 9.90 Å². The van der Waals surface area contributed by atoms with Crippen molar-refractivity contribution in [2.24, 2.45) is 5.92 Å². The Bertz CT molecular complexity index is 444. The lowest BCUT2D eigenvalue weighted by Crippen LogP contribution is -2.42. The maximum Gasteiger partial charge on any atom is 0.221 e. The summed E-state index contributed by atoms with van der Waals surface area (Å²) >= 11 is 0. The minimum absolute atomic E-state index is 0.0796. The summed E-state index contributed by atoms with van der Waals surface area (Å²) in [6.45, 7) is 8.61. The maximum atomic E-state index is 11.2. The van der Waals surface area contributed by atoms with E-state index in [0.717, 1.165) is 17.7 Å². The first kappa shape index (κ1) is 16.7. The predicted molar refractivity (Wildman–Crippen MR) is 82.5 cm³/mol. The lowest BCUT2D eigenvalue weighted by Gasteiger charge is -2.30. The summed E-state index contributed by atoms with van der Waals surface area (Å²) in [6.07, 6.45) is 0.942. The SMILES string of the molecule is CCC(C)C(C)(O)CNCc1ccccc1NC(C)=O. The van der Waals surface area contributed by atoms with Crippen molar-refractivity contribution in [2.45, 2.75) is 46.3 Å². The molecule has 112 valence electrons. The fourth-order valence-corrected chi connectivity index (χ4v) is 2.05. The number of amides is 1. The van der Waals surface area contributed by atoms with Gasteiger partial charge in [0.05, 0.1) is 5.60 Å². The van der Waals surface area contributed by atoms with Crippen LogP contribution in [0.25, 0.3) is 0 Å². The lowest BCUT2D eigenvalue weighted by atomic mass is 9.88. The van der Waals surface area contributed by atoms with Crippen LogP contribution in [0, 0.1) is 5.92 Å². The smallest absolute Gasteiger partial charge is 0.221 e. The van der Waals surface area contributed by atoms with Crippen molar-refractivity contribution in [1.82, 2.24) is 5.32 Å². The van der Waals surface area contributed by atoms with Gasteiger partial charge in [-0.25, -0.2) is 0 Å². The molecule has 2 unspecified atom stereocenters. The van der Waals surface area contributed by atoms with Gasteiger partial charge in [-0.05, 0) is 24.5 Å². The van der Waals surface area contributed by atoms with E-state index in [-0.39, 0.29) is 11.8 Å². The second kappa shape index (κ2) is 7.41. The zero-order valence-electron chi connectivity index (χ0n) is 12.9. The molecule has 0 aliphatic carbocycles. The van der Waals surface area contributed by atoms with Crippen LogP contribution in [0.2, 0.25) is 0 Å². The summed E-state index contributed by atoms with van der Waals surface area (Å²) in [5.41, 5.74) is 1.11. The van der Waals surface area contributed by atoms with E-state index in [1.54, 1.807) is 0 Å². The lowest BCUT2D eigenvalue weighted by molar-refractivity contribution is -0.114. The zero-order chi connectivity index (χ0) is 15.2. The fourth-order valence-electron chi connectivity index (χ4n) is 2.05. The summed E-state index contributed by atoms with van der Waals surface area (Å²) in [5.74, 6) is 0.157. The Morgan fingerprint density at radius 1 is 1.40 bits per heavy atom. The molecule has 0 saturated carbocycles. The number of nitrogens with one attached hydrogen (secondary N) is 2. The largest absolute Gasteiger partial charge is 0.389 e. The van der Waals surface area contributed by atoms with Crippen molar-refractivity contribution < 1.29 is 9.90 Å². The van der Waals surface area contributed by atoms with Crippen molar-refractivity contribution in [3.8, 4) is 0 Å². The molecule has 0 saturated heterocycles. The molecule has 1 aromatic rings. The maximum absolute atomic E-state index is 11.2. The molecule has 4 heteroatoms. The quantitative estimate of drug-likeness (QED) is 0.718. The number of rotatable bonds is 7. The first-order valence-electron chi connectivity index (χ1n) is 7.15. The first-order chi connectivity index (χ1) is 9.36. The first-order valence-corrected chi connectivity index (χ1v) is 7.15. The van der Waals surface area contributed by atoms with Gasteiger partial charge in [-0.15, -0.1) is 0 Å². The van der Waals surface area contributed by atoms with Crippen molar-refractivity contribution in [3.63, 3.8) is 0 Å². The van der Waals surface area contributed by atoms with Gasteiger partial charge in [0.1, 0.15) is 0 Å². The topological polar surface area (TPSA) is 61.4 Å². The highest BCUT2D eigenvalue weighted by atomic mass is 16.3. The van der Waals surface area contributed by atoms with Gasteiger partial charge in [0.15, 0.2) is 0 Å². The molecule has 0 radical (unpaired) electrons. The van der Waals surface area contributed by atoms with Gasteiger partial charge in [-0.1, -0.05) is 38.5 Å². The van der Waals surface area contributed by atoms with Gasteiger partial charge >= 0.3 is 0 Å². The molecule has 0 spiro atoms. The van der Waals surface area contributed by atoms with Gasteiger partial charge in [-0.2, -0.15) is 0 Å². The van der Waals surface area contributed by atoms with Crippen LogP contribution in [0.15, 0.2) is 24.3 Å². The van der Waals surface area contributed by atoms with Crippen LogP contribution in [-0.4, -0.2) is 23.2 Å². The van der Waals surface area contributed by atoms with Gasteiger partial charge in [0.2, 0.25) is 5.91 Å². The molecule has 0 aliphatic rings. The molecule has 1 aromatic carbocycles. The highest BCUT2D eigenvalue weighted by Crippen LogP contribution is 2.20. The number of para-hydroxylation sites is 1. The van der Waals surface area contributed by atoms with Crippen molar-refractivity contribution in [1.29, 1.82) is 0 Å². The molecule has 0 heterocycles. The third-order valence-electron chi connectivity index (χ3n) is 3.80.